The topological polar surface area (TPSA) is 59.8 Å². The number of nitrogens with zero attached hydrogens (tertiary/aromatic N) is 3. The fraction of sp³-hybridized carbons (Fsp3) is 0.0952. The molecule has 7 heteroatoms. The first-order valence-corrected chi connectivity index (χ1v) is 9.52. The number of benzene rings is 3. The highest BCUT2D eigenvalue weighted by Crippen LogP contribution is 2.26. The average molecular weight is 411 g/mol. The summed E-state index contributed by atoms with van der Waals surface area (Å²) < 4.78 is 0. The highest BCUT2D eigenvalue weighted by Gasteiger charge is 2.14. The summed E-state index contributed by atoms with van der Waals surface area (Å²) in [5, 5.41) is 12.4. The van der Waals surface area contributed by atoms with Gasteiger partial charge in [-0.3, -0.25) is 4.79 Å². The summed E-state index contributed by atoms with van der Waals surface area (Å²) in [7, 11) is 0. The van der Waals surface area contributed by atoms with E-state index in [1.54, 1.807) is 35.1 Å². The lowest BCUT2D eigenvalue weighted by atomic mass is 10.2. The number of carbonyl (C=O) groups is 1. The van der Waals surface area contributed by atoms with Crippen LogP contribution in [0.15, 0.2) is 60.7 Å². The van der Waals surface area contributed by atoms with Crippen molar-refractivity contribution in [2.24, 2.45) is 0 Å². The smallest absolute Gasteiger partial charge is 0.257 e. The Morgan fingerprint density at radius 2 is 1.75 bits per heavy atom. The molecule has 28 heavy (non-hydrogen) atoms. The first-order valence-electron chi connectivity index (χ1n) is 8.77. The van der Waals surface area contributed by atoms with E-state index in [4.69, 9.17) is 23.2 Å². The van der Waals surface area contributed by atoms with Crippen molar-refractivity contribution in [3.63, 3.8) is 0 Å². The van der Waals surface area contributed by atoms with Crippen LogP contribution in [-0.4, -0.2) is 20.9 Å². The zero-order valence-electron chi connectivity index (χ0n) is 15.0. The Morgan fingerprint density at radius 3 is 2.50 bits per heavy atom. The van der Waals surface area contributed by atoms with Gasteiger partial charge in [0, 0.05) is 5.69 Å². The van der Waals surface area contributed by atoms with Crippen LogP contribution >= 0.6 is 23.2 Å². The van der Waals surface area contributed by atoms with Crippen LogP contribution in [0.4, 0.5) is 5.69 Å². The fourth-order valence-corrected chi connectivity index (χ4v) is 3.24. The number of nitrogens with one attached hydrogen (secondary N) is 1. The van der Waals surface area contributed by atoms with Crippen molar-refractivity contribution in [3.05, 3.63) is 81.8 Å². The number of hydrogen-bond donors (Lipinski definition) is 1. The summed E-state index contributed by atoms with van der Waals surface area (Å²) >= 11 is 12.1. The number of anilines is 1. The van der Waals surface area contributed by atoms with Crippen LogP contribution in [-0.2, 0) is 6.42 Å². The van der Waals surface area contributed by atoms with Crippen molar-refractivity contribution >= 4 is 45.8 Å². The summed E-state index contributed by atoms with van der Waals surface area (Å²) in [4.78, 5) is 14.1. The summed E-state index contributed by atoms with van der Waals surface area (Å²) in [5.41, 5.74) is 4.46. The number of fused-ring (bicyclic) bond motifs is 1. The Balaban J connectivity index is 1.61. The van der Waals surface area contributed by atoms with Crippen molar-refractivity contribution in [1.82, 2.24) is 15.0 Å². The lowest BCUT2D eigenvalue weighted by Crippen LogP contribution is -2.12. The number of aromatic nitrogens is 3. The van der Waals surface area contributed by atoms with Crippen LogP contribution in [0.3, 0.4) is 0 Å². The maximum atomic E-state index is 12.5. The van der Waals surface area contributed by atoms with Gasteiger partial charge in [0.15, 0.2) is 0 Å². The predicted octanol–water partition coefficient (Wildman–Crippen LogP) is 5.54. The molecule has 0 bridgehead atoms. The minimum atomic E-state index is -0.339. The zero-order valence-corrected chi connectivity index (χ0v) is 16.5. The zero-order chi connectivity index (χ0) is 19.7. The number of amides is 1. The molecule has 0 fully saturated rings. The van der Waals surface area contributed by atoms with Gasteiger partial charge in [-0.05, 0) is 54.4 Å². The van der Waals surface area contributed by atoms with Crippen LogP contribution in [0.1, 0.15) is 22.8 Å². The van der Waals surface area contributed by atoms with E-state index in [0.29, 0.717) is 21.8 Å². The normalized spacial score (nSPS) is 11.0. The van der Waals surface area contributed by atoms with Gasteiger partial charge in [0.05, 0.1) is 21.3 Å². The quantitative estimate of drug-likeness (QED) is 0.480. The van der Waals surface area contributed by atoms with E-state index in [1.807, 2.05) is 18.2 Å². The number of aryl methyl sites for hydroxylation is 1. The van der Waals surface area contributed by atoms with Gasteiger partial charge < -0.3 is 5.32 Å². The first kappa shape index (κ1) is 18.5. The van der Waals surface area contributed by atoms with Gasteiger partial charge in [-0.1, -0.05) is 48.3 Å². The molecule has 0 radical (unpaired) electrons. The predicted molar refractivity (Wildman–Crippen MR) is 113 cm³/mol. The molecule has 140 valence electrons. The highest BCUT2D eigenvalue weighted by molar-refractivity contribution is 6.44. The number of carbonyl (C=O) groups excluding carboxylic acids is 1. The molecule has 0 aliphatic heterocycles. The van der Waals surface area contributed by atoms with E-state index >= 15 is 0 Å². The minimum Gasteiger partial charge on any atom is -0.322 e. The standard InChI is InChI=1S/C21H16Cl2N4O/c1-2-13-6-9-15(10-7-13)27-25-18-11-8-14(12-19(18)26-27)24-21(28)16-4-3-5-17(22)20(16)23/h3-12H,2H2,1H3,(H,24,28). The van der Waals surface area contributed by atoms with Crippen molar-refractivity contribution in [2.75, 3.05) is 5.32 Å². The molecule has 1 heterocycles. The van der Waals surface area contributed by atoms with Crippen LogP contribution in [0, 0.1) is 0 Å². The Bertz CT molecular complexity index is 1170. The molecule has 1 amide bonds. The Kier molecular flexibility index (Phi) is 5.03. The summed E-state index contributed by atoms with van der Waals surface area (Å²) in [6, 6.07) is 18.4. The fourth-order valence-electron chi connectivity index (χ4n) is 2.85. The van der Waals surface area contributed by atoms with Crippen molar-refractivity contribution in [2.45, 2.75) is 13.3 Å². The highest BCUT2D eigenvalue weighted by atomic mass is 35.5. The molecule has 0 saturated carbocycles. The van der Waals surface area contributed by atoms with Gasteiger partial charge in [0.1, 0.15) is 11.0 Å². The van der Waals surface area contributed by atoms with E-state index in [9.17, 15) is 4.79 Å². The molecule has 0 aliphatic rings. The maximum Gasteiger partial charge on any atom is 0.257 e. The van der Waals surface area contributed by atoms with E-state index in [1.165, 1.54) is 5.56 Å². The summed E-state index contributed by atoms with van der Waals surface area (Å²) in [5.74, 6) is -0.339. The molecule has 0 unspecified atom stereocenters. The third-order valence-electron chi connectivity index (χ3n) is 4.41. The molecule has 5 nitrogen and oxygen atoms in total. The number of halogens is 2. The van der Waals surface area contributed by atoms with Gasteiger partial charge in [-0.15, -0.1) is 10.2 Å². The van der Waals surface area contributed by atoms with Crippen molar-refractivity contribution in [3.8, 4) is 5.69 Å². The lowest BCUT2D eigenvalue weighted by molar-refractivity contribution is 0.102. The third kappa shape index (κ3) is 3.59. The molecule has 3 aromatic carbocycles. The van der Waals surface area contributed by atoms with Crippen LogP contribution in [0.5, 0.6) is 0 Å². The second-order valence-corrected chi connectivity index (χ2v) is 7.05. The van der Waals surface area contributed by atoms with Gasteiger partial charge in [0.2, 0.25) is 0 Å². The molecule has 0 atom stereocenters. The number of hydrogen-bond acceptors (Lipinski definition) is 3. The lowest BCUT2D eigenvalue weighted by Gasteiger charge is -2.07. The van der Waals surface area contributed by atoms with E-state index in [2.05, 4.69) is 34.6 Å². The molecule has 4 aromatic rings. The molecule has 0 aliphatic carbocycles. The van der Waals surface area contributed by atoms with Gasteiger partial charge in [-0.25, -0.2) is 0 Å². The van der Waals surface area contributed by atoms with Crippen molar-refractivity contribution < 1.29 is 4.79 Å². The SMILES string of the molecule is CCc1ccc(-n2nc3ccc(NC(=O)c4cccc(Cl)c4Cl)cc3n2)cc1. The number of rotatable bonds is 4. The van der Waals surface area contributed by atoms with E-state index < -0.39 is 0 Å². The molecule has 1 aromatic heterocycles. The molecule has 0 spiro atoms. The second kappa shape index (κ2) is 7.62. The van der Waals surface area contributed by atoms with Crippen molar-refractivity contribution in [1.29, 1.82) is 0 Å². The van der Waals surface area contributed by atoms with E-state index in [-0.39, 0.29) is 10.9 Å². The average Bonchev–Trinajstić information content (AvgIpc) is 3.13. The molecular formula is C21H16Cl2N4O. The molecular weight excluding hydrogens is 395 g/mol. The second-order valence-electron chi connectivity index (χ2n) is 6.27. The molecule has 4 rings (SSSR count). The van der Waals surface area contributed by atoms with Crippen LogP contribution in [0.2, 0.25) is 10.0 Å². The molecule has 0 saturated heterocycles. The van der Waals surface area contributed by atoms with Crippen LogP contribution in [0.25, 0.3) is 16.7 Å². The first-order chi connectivity index (χ1) is 13.5. The van der Waals surface area contributed by atoms with Gasteiger partial charge in [-0.2, -0.15) is 4.80 Å². The summed E-state index contributed by atoms with van der Waals surface area (Å²) in [6.07, 6.45) is 0.981. The van der Waals surface area contributed by atoms with Gasteiger partial charge in [0.25, 0.3) is 5.91 Å². The monoisotopic (exact) mass is 410 g/mol. The maximum absolute atomic E-state index is 12.5. The van der Waals surface area contributed by atoms with E-state index in [0.717, 1.165) is 17.6 Å². The Hall–Kier alpha value is -2.89. The minimum absolute atomic E-state index is 0.226. The Morgan fingerprint density at radius 1 is 1.00 bits per heavy atom. The molecule has 1 N–H and O–H groups in total. The summed E-state index contributed by atoms with van der Waals surface area (Å²) in [6.45, 7) is 2.11. The largest absolute Gasteiger partial charge is 0.322 e. The van der Waals surface area contributed by atoms with Gasteiger partial charge >= 0.3 is 0 Å². The Labute approximate surface area is 171 Å². The third-order valence-corrected chi connectivity index (χ3v) is 5.23. The van der Waals surface area contributed by atoms with Crippen LogP contribution < -0.4 is 5.32 Å².